The van der Waals surface area contributed by atoms with Crippen molar-refractivity contribution in [1.29, 1.82) is 0 Å². The highest BCUT2D eigenvalue weighted by molar-refractivity contribution is 5.89. The molecule has 13 aliphatic rings. The average Bonchev–Trinajstić information content (AvgIpc) is 0.789. The summed E-state index contributed by atoms with van der Waals surface area (Å²) in [5.41, 5.74) is -9.89. The molecule has 5 aliphatic carbocycles. The number of aliphatic hydroxyl groups is 25. The highest BCUT2D eigenvalue weighted by atomic mass is 16.8. The van der Waals surface area contributed by atoms with Gasteiger partial charge in [-0.2, -0.15) is 0 Å². The summed E-state index contributed by atoms with van der Waals surface area (Å²) in [6.45, 7) is 28.1. The van der Waals surface area contributed by atoms with E-state index in [0.717, 1.165) is 0 Å². The zero-order valence-electron chi connectivity index (χ0n) is 84.5. The second-order valence-electron chi connectivity index (χ2n) is 44.4. The van der Waals surface area contributed by atoms with Gasteiger partial charge in [-0.15, -0.1) is 13.2 Å². The second-order valence-corrected chi connectivity index (χ2v) is 44.4. The molecule has 1 amide bonds. The first-order chi connectivity index (χ1) is 68.4. The molecule has 17 unspecified atom stereocenters. The van der Waals surface area contributed by atoms with Crippen LogP contribution in [0, 0.1) is 50.2 Å². The van der Waals surface area contributed by atoms with Crippen molar-refractivity contribution in [3.05, 3.63) is 72.6 Å². The zero-order chi connectivity index (χ0) is 108. The van der Waals surface area contributed by atoms with Crippen molar-refractivity contribution in [2.45, 2.75) is 430 Å². The molecule has 8 aliphatic heterocycles. The molecule has 47 nitrogen and oxygen atoms in total. The Balaban J connectivity index is 0.795. The van der Waals surface area contributed by atoms with E-state index in [-0.39, 0.29) is 67.8 Å². The molecule has 47 heteroatoms. The Kier molecular flexibility index (Phi) is 37.7. The number of carbonyl (C=O) groups excluding carboxylic acids is 3. The molecular formula is C99H157NO46. The summed E-state index contributed by atoms with van der Waals surface area (Å²) in [7, 11) is 0. The van der Waals surface area contributed by atoms with Crippen molar-refractivity contribution in [2.75, 3.05) is 46.2 Å². The molecule has 26 N–H and O–H groups in total. The molecule has 0 spiro atoms. The Hall–Kier alpha value is -4.95. The van der Waals surface area contributed by atoms with Crippen LogP contribution >= 0.6 is 0 Å². The van der Waals surface area contributed by atoms with Gasteiger partial charge in [-0.3, -0.25) is 9.59 Å². The Morgan fingerprint density at radius 1 is 0.493 bits per heavy atom. The summed E-state index contributed by atoms with van der Waals surface area (Å²) in [6, 6.07) is -1.42. The molecule has 0 bridgehead atoms. The van der Waals surface area contributed by atoms with E-state index in [1.807, 2.05) is 27.7 Å². The molecule has 0 radical (unpaired) electrons. The van der Waals surface area contributed by atoms with Gasteiger partial charge < -0.3 is 218 Å². The maximum absolute atomic E-state index is 16.9. The fourth-order valence-corrected chi connectivity index (χ4v) is 24.9. The van der Waals surface area contributed by atoms with Crippen molar-refractivity contribution < 1.29 is 227 Å². The molecule has 51 atom stereocenters. The molecule has 834 valence electrons. The molecule has 0 aromatic heterocycles. The van der Waals surface area contributed by atoms with Crippen molar-refractivity contribution in [3.8, 4) is 0 Å². The smallest absolute Gasteiger partial charge is 0.336 e. The number of ether oxygens (including phenoxy) is 18. The number of carbonyl (C=O) groups is 3. The molecule has 146 heavy (non-hydrogen) atoms. The van der Waals surface area contributed by atoms with Crippen molar-refractivity contribution in [1.82, 2.24) is 5.32 Å². The number of allylic oxidation sites excluding steroid dienone is 3. The van der Waals surface area contributed by atoms with Crippen LogP contribution in [0.4, 0.5) is 0 Å². The van der Waals surface area contributed by atoms with Gasteiger partial charge in [-0.05, 0) is 132 Å². The van der Waals surface area contributed by atoms with Gasteiger partial charge >= 0.3 is 11.9 Å². The summed E-state index contributed by atoms with van der Waals surface area (Å²) in [5.74, 6) is -5.42. The van der Waals surface area contributed by atoms with Crippen LogP contribution < -0.4 is 5.32 Å². The lowest BCUT2D eigenvalue weighted by Crippen LogP contribution is -2.71. The minimum atomic E-state index is -2.36. The first kappa shape index (κ1) is 118. The molecule has 13 rings (SSSR count). The van der Waals surface area contributed by atoms with Crippen LogP contribution in [0.25, 0.3) is 0 Å². The predicted molar refractivity (Wildman–Crippen MR) is 495 cm³/mol. The fourth-order valence-electron chi connectivity index (χ4n) is 24.9. The Morgan fingerprint density at radius 2 is 1.01 bits per heavy atom. The van der Waals surface area contributed by atoms with Gasteiger partial charge in [0.1, 0.15) is 170 Å². The summed E-state index contributed by atoms with van der Waals surface area (Å²) >= 11 is 0. The first-order valence-electron chi connectivity index (χ1n) is 50.3. The molecular weight excluding hydrogens is 1940 g/mol. The van der Waals surface area contributed by atoms with Crippen LogP contribution in [0.2, 0.25) is 0 Å². The number of amides is 1. The lowest BCUT2D eigenvalue weighted by molar-refractivity contribution is -0.390. The van der Waals surface area contributed by atoms with Crippen LogP contribution in [0.5, 0.6) is 0 Å². The lowest BCUT2D eigenvalue weighted by atomic mass is 9.32. The highest BCUT2D eigenvalue weighted by Crippen LogP contribution is 2.76. The van der Waals surface area contributed by atoms with Gasteiger partial charge in [0.2, 0.25) is 12.2 Å². The highest BCUT2D eigenvalue weighted by Gasteiger charge is 2.75. The normalized spacial score (nSPS) is 48.0. The Labute approximate surface area is 845 Å². The quantitative estimate of drug-likeness (QED) is 0.00693. The molecule has 8 saturated heterocycles. The summed E-state index contributed by atoms with van der Waals surface area (Å²) in [4.78, 5) is 45.2. The van der Waals surface area contributed by atoms with E-state index in [0.29, 0.717) is 24.8 Å². The topological polar surface area (TPSA) is 735 Å². The number of hydrogen-bond donors (Lipinski definition) is 26. The van der Waals surface area contributed by atoms with E-state index in [2.05, 4.69) is 32.0 Å². The number of hydrogen-bond acceptors (Lipinski definition) is 46. The van der Waals surface area contributed by atoms with Crippen molar-refractivity contribution >= 4 is 17.8 Å². The number of esters is 2. The molecule has 0 aromatic rings. The third-order valence-corrected chi connectivity index (χ3v) is 34.0. The minimum Gasteiger partial charge on any atom is -0.485 e. The monoisotopic (exact) mass is 2100 g/mol. The number of fused-ring (bicyclic) bond motifs is 7. The van der Waals surface area contributed by atoms with Crippen LogP contribution in [-0.2, 0) is 99.6 Å². The van der Waals surface area contributed by atoms with Gasteiger partial charge in [0, 0.05) is 30.3 Å². The number of aliphatic hydroxyl groups excluding tert-OH is 24. The number of nitrogens with one attached hydrogen (secondary N) is 1. The largest absolute Gasteiger partial charge is 0.485 e. The Morgan fingerprint density at radius 3 is 1.62 bits per heavy atom. The van der Waals surface area contributed by atoms with Gasteiger partial charge in [-0.1, -0.05) is 91.0 Å². The summed E-state index contributed by atoms with van der Waals surface area (Å²) in [5, 5.41) is 286. The van der Waals surface area contributed by atoms with Crippen LogP contribution in [-0.4, -0.2) is 461 Å². The van der Waals surface area contributed by atoms with E-state index in [1.54, 1.807) is 46.8 Å². The van der Waals surface area contributed by atoms with E-state index in [1.165, 1.54) is 39.0 Å². The van der Waals surface area contributed by atoms with Gasteiger partial charge in [-0.25, -0.2) is 4.79 Å². The molecule has 8 heterocycles. The predicted octanol–water partition coefficient (Wildman–Crippen LogP) is -5.96. The zero-order valence-corrected chi connectivity index (χ0v) is 84.5. The second kappa shape index (κ2) is 46.6. The minimum absolute atomic E-state index is 0.0386. The van der Waals surface area contributed by atoms with Crippen LogP contribution in [0.15, 0.2) is 72.6 Å². The summed E-state index contributed by atoms with van der Waals surface area (Å²) < 4.78 is 111. The molecule has 4 saturated carbocycles. The fraction of sp³-hybridized carbons (Fsp3) is 0.848. The third-order valence-electron chi connectivity index (χ3n) is 34.0. The van der Waals surface area contributed by atoms with Crippen molar-refractivity contribution in [3.63, 3.8) is 0 Å². The maximum Gasteiger partial charge on any atom is 0.336 e. The van der Waals surface area contributed by atoms with Gasteiger partial charge in [0.05, 0.1) is 99.6 Å². The Bertz CT molecular complexity index is 4530. The summed E-state index contributed by atoms with van der Waals surface area (Å²) in [6.07, 6.45) is -63.1. The van der Waals surface area contributed by atoms with E-state index in [4.69, 9.17) is 85.3 Å². The van der Waals surface area contributed by atoms with E-state index >= 15 is 9.59 Å². The van der Waals surface area contributed by atoms with Crippen LogP contribution in [0.1, 0.15) is 161 Å². The molecule has 12 fully saturated rings. The van der Waals surface area contributed by atoms with Crippen molar-refractivity contribution in [2.24, 2.45) is 50.2 Å². The first-order valence-corrected chi connectivity index (χ1v) is 50.3. The van der Waals surface area contributed by atoms with Gasteiger partial charge in [0.15, 0.2) is 56.2 Å². The lowest BCUT2D eigenvalue weighted by Gasteiger charge is -2.72. The van der Waals surface area contributed by atoms with Gasteiger partial charge in [0.25, 0.3) is 0 Å². The maximum atomic E-state index is 16.9. The molecule has 0 aromatic carbocycles. The van der Waals surface area contributed by atoms with E-state index < -0.39 is 384 Å². The third kappa shape index (κ3) is 22.9. The SMILES string of the molecule is C=CC(C)(O)CC/C=C(\CO)C(=C)O[C@@H]1C(C)O[C@@H](O[C@](C)(C=C)CC/C=C(\CO)C(=O)O[C@H]2C[C@@]3(C(=O)O[C@@H]4OC(CO)[C@@H](O)[C@H](O)C4O[C@@H]4OC(C)[C@H](O[C@@H]5O[C@@H](CO)[C@H](O)[C@@H]5O)C(O[C@@H]5OC(CO)[C@@H](O)[C@H](O)C5O)[C@@H]4O)C(CC2(C)C)C2=C[C@@H](O)C4[C@@]5(C)CC[C@H](O[C@@H]6OC(CO[C@@H]7OC(C)[C@H](O)[C@H](O)C7O[C@@H]7OC[C@@H](O)[C@H](O)C7O)[C@@H](O)[C@H](O)C6NC(C)=O)C(C)(C)C5CC[C@@]4(C)[C@]2(C)C[C@H]3O)C(O)[C@H]1O. The van der Waals surface area contributed by atoms with E-state index in [9.17, 15) is 132 Å². The van der Waals surface area contributed by atoms with Crippen LogP contribution in [0.3, 0.4) is 0 Å². The average molecular weight is 2100 g/mol. The number of rotatable bonds is 36. The standard InChI is InChI=1S/C99H157NO46/c1-17-94(12,128)25-19-21-45(33-101)40(3)131-76-42(5)134-88(74(124)70(76)120)146-95(13,18-2)26-20-22-46(34-102)82(126)139-58-32-99(91(127)145-90-80(69(119)63(113)52(36-104)137-90)144-87-75(125)78(142-86-73(123)67(117)62(112)51(35-103)135-86)77(43(6)133-87)141-85-72(122)64(114)53(37-105)136-85)48(30-92(58,8)9)47-29-49(107)81-96(14)27-24-57(93(10,11)55(96)23-28-97(81,15)98(47,16)31-56(99)109)140-83-59(100-44(7)106)66(116)65(115)54(138-83)39-130-89-79(68(118)60(110)41(4)132-89)143-84-71(121)61(111)50(108)38-129-84/h17-18,21-22,29,41-43,48-81,83-90,101-105,107-125,128H,1-3,19-20,23-28,30-39H2,4-16H3,(H,100,106)/b45-21+,46-22+/t41?,42?,43?,48?,49-,50-,51?,52?,53+,54?,55?,56-,57+,58+,59?,60+,61+,62-,63-,64+,65-,66-,67+,68+,69+,70-,71?,72+,73?,74?,75+,76-,77+,78?,79?,80?,81?,83+,84+,85+,86+,87+,88+,89-,90+,94?,95-,96+,97-,98-,99-/m1/s1.